The molecule has 0 bridgehead atoms. The number of H-pyrrole nitrogens is 1. The predicted octanol–water partition coefficient (Wildman–Crippen LogP) is 1.79. The van der Waals surface area contributed by atoms with E-state index in [1.165, 1.54) is 22.8 Å². The molecule has 0 aliphatic carbocycles. The van der Waals surface area contributed by atoms with Crippen LogP contribution in [0.4, 0.5) is 0 Å². The Morgan fingerprint density at radius 3 is 2.90 bits per heavy atom. The molecule has 0 unspecified atom stereocenters. The third-order valence-electron chi connectivity index (χ3n) is 2.96. The molecule has 2 rings (SSSR count). The van der Waals surface area contributed by atoms with Crippen molar-refractivity contribution in [3.05, 3.63) is 38.9 Å². The van der Waals surface area contributed by atoms with Crippen LogP contribution in [-0.4, -0.2) is 34.3 Å². The van der Waals surface area contributed by atoms with Crippen molar-refractivity contribution in [2.75, 3.05) is 13.7 Å². The van der Waals surface area contributed by atoms with Gasteiger partial charge in [-0.1, -0.05) is 0 Å². The van der Waals surface area contributed by atoms with Crippen molar-refractivity contribution < 1.29 is 14.6 Å². The number of hydrogen-bond donors (Lipinski definition) is 2. The highest BCUT2D eigenvalue weighted by atomic mass is 32.1. The first kappa shape index (κ1) is 14.4. The summed E-state index contributed by atoms with van der Waals surface area (Å²) in [5.74, 6) is -1.05. The summed E-state index contributed by atoms with van der Waals surface area (Å²) in [6.45, 7) is 0.996. The molecule has 1 aromatic carbocycles. The second kappa shape index (κ2) is 5.98. The number of methoxy groups -OCH3 is 1. The Bertz CT molecular complexity index is 763. The van der Waals surface area contributed by atoms with E-state index in [2.05, 4.69) is 4.98 Å². The average Bonchev–Trinajstić information content (AvgIpc) is 2.41. The normalized spacial score (nSPS) is 10.8. The second-order valence-electron chi connectivity index (χ2n) is 4.30. The first-order chi connectivity index (χ1) is 9.54. The fourth-order valence-electron chi connectivity index (χ4n) is 1.96. The van der Waals surface area contributed by atoms with Gasteiger partial charge in [-0.25, -0.2) is 4.79 Å². The SMILES string of the molecule is COCCCn1c(=S)[nH]c2cc(C(=O)O)ccc2c1=O. The number of carboxylic acid groups (broad SMARTS) is 1. The van der Waals surface area contributed by atoms with E-state index < -0.39 is 5.97 Å². The first-order valence-corrected chi connectivity index (χ1v) is 6.44. The Morgan fingerprint density at radius 1 is 1.50 bits per heavy atom. The van der Waals surface area contributed by atoms with Crippen LogP contribution in [0, 0.1) is 4.77 Å². The molecule has 1 heterocycles. The van der Waals surface area contributed by atoms with E-state index >= 15 is 0 Å². The molecule has 0 radical (unpaired) electrons. The second-order valence-corrected chi connectivity index (χ2v) is 4.69. The monoisotopic (exact) mass is 294 g/mol. The zero-order valence-corrected chi connectivity index (χ0v) is 11.7. The zero-order valence-electron chi connectivity index (χ0n) is 10.9. The largest absolute Gasteiger partial charge is 0.478 e. The van der Waals surface area contributed by atoms with Gasteiger partial charge in [0.1, 0.15) is 0 Å². The summed E-state index contributed by atoms with van der Waals surface area (Å²) in [7, 11) is 1.59. The van der Waals surface area contributed by atoms with Crippen LogP contribution in [0.2, 0.25) is 0 Å². The highest BCUT2D eigenvalue weighted by Crippen LogP contribution is 2.11. The molecule has 20 heavy (non-hydrogen) atoms. The number of ether oxygens (including phenoxy) is 1. The quantitative estimate of drug-likeness (QED) is 0.649. The van der Waals surface area contributed by atoms with Gasteiger partial charge in [-0.2, -0.15) is 0 Å². The molecular formula is C13H14N2O4S. The molecular weight excluding hydrogens is 280 g/mol. The number of aromatic carboxylic acids is 1. The Balaban J connectivity index is 2.53. The van der Waals surface area contributed by atoms with Gasteiger partial charge in [-0.05, 0) is 36.8 Å². The highest BCUT2D eigenvalue weighted by Gasteiger charge is 2.09. The number of nitrogens with zero attached hydrogens (tertiary/aromatic N) is 1. The van der Waals surface area contributed by atoms with Crippen LogP contribution >= 0.6 is 12.2 Å². The molecule has 2 N–H and O–H groups in total. The smallest absolute Gasteiger partial charge is 0.335 e. The predicted molar refractivity (Wildman–Crippen MR) is 76.8 cm³/mol. The lowest BCUT2D eigenvalue weighted by Crippen LogP contribution is -2.23. The highest BCUT2D eigenvalue weighted by molar-refractivity contribution is 7.71. The van der Waals surface area contributed by atoms with E-state index in [0.717, 1.165) is 0 Å². The van der Waals surface area contributed by atoms with E-state index in [-0.39, 0.29) is 15.9 Å². The number of nitrogens with one attached hydrogen (secondary N) is 1. The van der Waals surface area contributed by atoms with Crippen molar-refractivity contribution >= 4 is 29.1 Å². The van der Waals surface area contributed by atoms with Gasteiger partial charge in [0.2, 0.25) is 0 Å². The maximum Gasteiger partial charge on any atom is 0.335 e. The minimum absolute atomic E-state index is 0.111. The third-order valence-corrected chi connectivity index (χ3v) is 3.28. The molecule has 2 aromatic rings. The molecule has 7 heteroatoms. The van der Waals surface area contributed by atoms with Crippen molar-refractivity contribution in [2.45, 2.75) is 13.0 Å². The minimum Gasteiger partial charge on any atom is -0.478 e. The van der Waals surface area contributed by atoms with Crippen LogP contribution in [-0.2, 0) is 11.3 Å². The van der Waals surface area contributed by atoms with E-state index in [1.807, 2.05) is 0 Å². The standard InChI is InChI=1S/C13H14N2O4S/c1-19-6-2-5-15-11(16)9-4-3-8(12(17)18)7-10(9)14-13(15)20/h3-4,7H,2,5-6H2,1H3,(H,14,20)(H,17,18). The zero-order chi connectivity index (χ0) is 14.7. The van der Waals surface area contributed by atoms with Crippen LogP contribution in [0.15, 0.2) is 23.0 Å². The minimum atomic E-state index is -1.05. The Kier molecular flexibility index (Phi) is 4.31. The van der Waals surface area contributed by atoms with Crippen LogP contribution in [0.25, 0.3) is 10.9 Å². The maximum atomic E-state index is 12.3. The van der Waals surface area contributed by atoms with Gasteiger partial charge in [0.15, 0.2) is 4.77 Å². The molecule has 0 aliphatic rings. The molecule has 0 spiro atoms. The lowest BCUT2D eigenvalue weighted by Gasteiger charge is -2.08. The van der Waals surface area contributed by atoms with Crippen molar-refractivity contribution in [3.63, 3.8) is 0 Å². The van der Waals surface area contributed by atoms with E-state index in [4.69, 9.17) is 22.1 Å². The molecule has 106 valence electrons. The lowest BCUT2D eigenvalue weighted by atomic mass is 10.1. The Labute approximate surface area is 119 Å². The summed E-state index contributed by atoms with van der Waals surface area (Å²) in [5, 5.41) is 9.36. The van der Waals surface area contributed by atoms with E-state index in [9.17, 15) is 9.59 Å². The topological polar surface area (TPSA) is 84.3 Å². The van der Waals surface area contributed by atoms with Gasteiger partial charge in [0.05, 0.1) is 16.5 Å². The van der Waals surface area contributed by atoms with Crippen LogP contribution < -0.4 is 5.56 Å². The number of fused-ring (bicyclic) bond motifs is 1. The Hall–Kier alpha value is -1.99. The van der Waals surface area contributed by atoms with Crippen molar-refractivity contribution in [1.29, 1.82) is 0 Å². The number of aromatic amines is 1. The summed E-state index contributed by atoms with van der Waals surface area (Å²) < 4.78 is 6.68. The number of aromatic nitrogens is 2. The molecule has 0 saturated carbocycles. The van der Waals surface area contributed by atoms with Crippen LogP contribution in [0.1, 0.15) is 16.8 Å². The summed E-state index contributed by atoms with van der Waals surface area (Å²) in [6, 6.07) is 4.32. The van der Waals surface area contributed by atoms with Gasteiger partial charge >= 0.3 is 5.97 Å². The number of rotatable bonds is 5. The van der Waals surface area contributed by atoms with Crippen molar-refractivity contribution in [3.8, 4) is 0 Å². The summed E-state index contributed by atoms with van der Waals surface area (Å²) in [6.07, 6.45) is 0.673. The van der Waals surface area contributed by atoms with E-state index in [1.54, 1.807) is 7.11 Å². The van der Waals surface area contributed by atoms with E-state index in [0.29, 0.717) is 30.5 Å². The summed E-state index contributed by atoms with van der Waals surface area (Å²) in [4.78, 5) is 26.1. The molecule has 0 fully saturated rings. The first-order valence-electron chi connectivity index (χ1n) is 6.03. The number of benzene rings is 1. The average molecular weight is 294 g/mol. The Morgan fingerprint density at radius 2 is 2.25 bits per heavy atom. The molecule has 0 aliphatic heterocycles. The van der Waals surface area contributed by atoms with Crippen LogP contribution in [0.5, 0.6) is 0 Å². The van der Waals surface area contributed by atoms with Gasteiger partial charge in [0, 0.05) is 20.3 Å². The van der Waals surface area contributed by atoms with Gasteiger partial charge < -0.3 is 14.8 Å². The summed E-state index contributed by atoms with van der Waals surface area (Å²) >= 11 is 5.14. The van der Waals surface area contributed by atoms with Crippen molar-refractivity contribution in [2.24, 2.45) is 0 Å². The third kappa shape index (κ3) is 2.78. The lowest BCUT2D eigenvalue weighted by molar-refractivity contribution is 0.0697. The fraction of sp³-hybridized carbons (Fsp3) is 0.308. The van der Waals surface area contributed by atoms with Gasteiger partial charge in [-0.3, -0.25) is 9.36 Å². The number of carboxylic acids is 1. The number of carbonyl (C=O) groups is 1. The molecule has 0 atom stereocenters. The fourth-order valence-corrected chi connectivity index (χ4v) is 2.24. The van der Waals surface area contributed by atoms with Crippen molar-refractivity contribution in [1.82, 2.24) is 9.55 Å². The number of hydrogen-bond acceptors (Lipinski definition) is 4. The summed E-state index contributed by atoms with van der Waals surface area (Å²) in [5.41, 5.74) is 0.319. The molecule has 1 aromatic heterocycles. The maximum absolute atomic E-state index is 12.3. The molecule has 0 amide bonds. The van der Waals surface area contributed by atoms with Crippen LogP contribution in [0.3, 0.4) is 0 Å². The van der Waals surface area contributed by atoms with Gasteiger partial charge in [0.25, 0.3) is 5.56 Å². The molecule has 0 saturated heterocycles. The molecule has 6 nitrogen and oxygen atoms in total. The van der Waals surface area contributed by atoms with Gasteiger partial charge in [-0.15, -0.1) is 0 Å².